The molecular weight excluding hydrogens is 440 g/mol. The van der Waals surface area contributed by atoms with Crippen molar-refractivity contribution >= 4 is 40.8 Å². The molecule has 0 unspecified atom stereocenters. The summed E-state index contributed by atoms with van der Waals surface area (Å²) in [6, 6.07) is 11.2. The Balaban J connectivity index is 1.75. The Bertz CT molecular complexity index is 1010. The molecule has 11 nitrogen and oxygen atoms in total. The number of carbonyl (C=O) groups is 3. The lowest BCUT2D eigenvalue weighted by Gasteiger charge is -2.11. The number of esters is 1. The molecule has 0 fully saturated rings. The summed E-state index contributed by atoms with van der Waals surface area (Å²) in [5.41, 5.74) is 4.71. The number of hydrogen-bond donors (Lipinski definition) is 3. The molecule has 0 aliphatic heterocycles. The van der Waals surface area contributed by atoms with Crippen LogP contribution < -0.4 is 20.9 Å². The molecule has 0 atom stereocenters. The zero-order valence-corrected chi connectivity index (χ0v) is 17.8. The standard InChI is InChI=1S/C20H20N4O7S/c1-2-10-30-19(27)13-6-8-16(9-7-13)31-12-17(25)22-23-20(32)21-18(26)14-4-3-5-15(11-14)24(28)29/h3-9,11H,2,10,12H2,1H3,(H,22,25)(H2,21,23,26,32). The first kappa shape index (κ1) is 24.2. The molecule has 12 heteroatoms. The van der Waals surface area contributed by atoms with Gasteiger partial charge in [0.15, 0.2) is 11.7 Å². The highest BCUT2D eigenvalue weighted by atomic mass is 32.1. The van der Waals surface area contributed by atoms with Crippen molar-refractivity contribution < 1.29 is 28.8 Å². The Morgan fingerprint density at radius 1 is 1.06 bits per heavy atom. The minimum absolute atomic E-state index is 0.0278. The average molecular weight is 460 g/mol. The highest BCUT2D eigenvalue weighted by Crippen LogP contribution is 2.14. The third kappa shape index (κ3) is 7.65. The molecule has 3 N–H and O–H groups in total. The van der Waals surface area contributed by atoms with Gasteiger partial charge in [-0.05, 0) is 49.0 Å². The summed E-state index contributed by atoms with van der Waals surface area (Å²) in [7, 11) is 0. The number of nitrogens with one attached hydrogen (secondary N) is 3. The van der Waals surface area contributed by atoms with E-state index in [2.05, 4.69) is 16.2 Å². The SMILES string of the molecule is CCCOC(=O)c1ccc(OCC(=O)NNC(=S)NC(=O)c2cccc([N+](=O)[O-])c2)cc1. The first-order valence-corrected chi connectivity index (χ1v) is 9.75. The lowest BCUT2D eigenvalue weighted by atomic mass is 10.2. The number of hydrazine groups is 1. The molecule has 0 heterocycles. The maximum Gasteiger partial charge on any atom is 0.338 e. The summed E-state index contributed by atoms with van der Waals surface area (Å²) >= 11 is 4.90. The van der Waals surface area contributed by atoms with E-state index in [1.807, 2.05) is 6.92 Å². The topological polar surface area (TPSA) is 149 Å². The van der Waals surface area contributed by atoms with Crippen LogP contribution >= 0.6 is 12.2 Å². The summed E-state index contributed by atoms with van der Waals surface area (Å²) in [6.07, 6.45) is 0.720. The fourth-order valence-corrected chi connectivity index (χ4v) is 2.39. The maximum atomic E-state index is 12.1. The fraction of sp³-hybridized carbons (Fsp3) is 0.200. The van der Waals surface area contributed by atoms with E-state index in [0.717, 1.165) is 12.5 Å². The van der Waals surface area contributed by atoms with Crippen molar-refractivity contribution in [1.29, 1.82) is 0 Å². The van der Waals surface area contributed by atoms with Crippen LogP contribution in [0.25, 0.3) is 0 Å². The average Bonchev–Trinajstić information content (AvgIpc) is 2.80. The van der Waals surface area contributed by atoms with Crippen molar-refractivity contribution in [2.45, 2.75) is 13.3 Å². The van der Waals surface area contributed by atoms with E-state index < -0.39 is 22.7 Å². The number of amides is 2. The van der Waals surface area contributed by atoms with Gasteiger partial charge >= 0.3 is 5.97 Å². The number of rotatable bonds is 8. The van der Waals surface area contributed by atoms with Gasteiger partial charge in [0.2, 0.25) is 0 Å². The molecule has 32 heavy (non-hydrogen) atoms. The third-order valence-electron chi connectivity index (χ3n) is 3.76. The Morgan fingerprint density at radius 2 is 1.78 bits per heavy atom. The molecule has 0 saturated carbocycles. The maximum absolute atomic E-state index is 12.1. The van der Waals surface area contributed by atoms with Gasteiger partial charge in [0.25, 0.3) is 17.5 Å². The molecule has 0 aromatic heterocycles. The third-order valence-corrected chi connectivity index (χ3v) is 3.96. The predicted octanol–water partition coefficient (Wildman–Crippen LogP) is 1.88. The molecule has 2 amide bonds. The molecular formula is C20H20N4O7S. The van der Waals surface area contributed by atoms with Crippen LogP contribution in [0.2, 0.25) is 0 Å². The highest BCUT2D eigenvalue weighted by molar-refractivity contribution is 7.80. The van der Waals surface area contributed by atoms with Gasteiger partial charge in [-0.3, -0.25) is 35.9 Å². The van der Waals surface area contributed by atoms with E-state index in [4.69, 9.17) is 21.7 Å². The van der Waals surface area contributed by atoms with E-state index in [1.165, 1.54) is 42.5 Å². The van der Waals surface area contributed by atoms with Gasteiger partial charge in [-0.25, -0.2) is 4.79 Å². The van der Waals surface area contributed by atoms with Crippen LogP contribution in [-0.4, -0.2) is 41.0 Å². The van der Waals surface area contributed by atoms with E-state index >= 15 is 0 Å². The number of nitro groups is 1. The molecule has 2 aromatic rings. The molecule has 0 saturated heterocycles. The van der Waals surface area contributed by atoms with Gasteiger partial charge in [-0.2, -0.15) is 0 Å². The van der Waals surface area contributed by atoms with Crippen molar-refractivity contribution in [1.82, 2.24) is 16.2 Å². The molecule has 2 aromatic carbocycles. The molecule has 168 valence electrons. The number of nitro benzene ring substituents is 1. The van der Waals surface area contributed by atoms with Crippen LogP contribution in [0.1, 0.15) is 34.1 Å². The zero-order chi connectivity index (χ0) is 23.5. The number of carbonyl (C=O) groups excluding carboxylic acids is 3. The van der Waals surface area contributed by atoms with E-state index in [9.17, 15) is 24.5 Å². The summed E-state index contributed by atoms with van der Waals surface area (Å²) in [6.45, 7) is 1.86. The van der Waals surface area contributed by atoms with Gasteiger partial charge in [-0.15, -0.1) is 0 Å². The second-order valence-corrected chi connectivity index (χ2v) is 6.62. The van der Waals surface area contributed by atoms with Gasteiger partial charge in [0.05, 0.1) is 17.1 Å². The van der Waals surface area contributed by atoms with Crippen LogP contribution in [0.3, 0.4) is 0 Å². The zero-order valence-electron chi connectivity index (χ0n) is 17.0. The minimum atomic E-state index is -0.686. The number of hydrogen-bond acceptors (Lipinski definition) is 8. The number of nitrogens with zero attached hydrogens (tertiary/aromatic N) is 1. The minimum Gasteiger partial charge on any atom is -0.484 e. The number of thiocarbonyl (C=S) groups is 1. The Labute approximate surface area is 188 Å². The molecule has 0 bridgehead atoms. The van der Waals surface area contributed by atoms with Crippen LogP contribution in [0.4, 0.5) is 5.69 Å². The van der Waals surface area contributed by atoms with E-state index in [1.54, 1.807) is 0 Å². The van der Waals surface area contributed by atoms with Crippen LogP contribution in [0, 0.1) is 10.1 Å². The fourth-order valence-electron chi connectivity index (χ4n) is 2.24. The largest absolute Gasteiger partial charge is 0.484 e. The summed E-state index contributed by atoms with van der Waals surface area (Å²) in [4.78, 5) is 45.8. The lowest BCUT2D eigenvalue weighted by molar-refractivity contribution is -0.384. The molecule has 0 aliphatic rings. The number of ether oxygens (including phenoxy) is 2. The van der Waals surface area contributed by atoms with Crippen molar-refractivity contribution in [2.75, 3.05) is 13.2 Å². The first-order valence-electron chi connectivity index (χ1n) is 9.34. The van der Waals surface area contributed by atoms with Crippen molar-refractivity contribution in [3.63, 3.8) is 0 Å². The normalized spacial score (nSPS) is 9.91. The van der Waals surface area contributed by atoms with Crippen LogP contribution in [0.15, 0.2) is 48.5 Å². The van der Waals surface area contributed by atoms with Crippen LogP contribution in [0.5, 0.6) is 5.75 Å². The van der Waals surface area contributed by atoms with Gasteiger partial charge in [0.1, 0.15) is 5.75 Å². The quantitative estimate of drug-likeness (QED) is 0.232. The Morgan fingerprint density at radius 3 is 2.44 bits per heavy atom. The first-order chi connectivity index (χ1) is 15.3. The van der Waals surface area contributed by atoms with Gasteiger partial charge < -0.3 is 9.47 Å². The van der Waals surface area contributed by atoms with Crippen molar-refractivity contribution in [2.24, 2.45) is 0 Å². The second-order valence-electron chi connectivity index (χ2n) is 6.21. The second kappa shape index (κ2) is 12.0. The number of non-ortho nitro benzene ring substituents is 1. The van der Waals surface area contributed by atoms with E-state index in [-0.39, 0.29) is 23.0 Å². The summed E-state index contributed by atoms with van der Waals surface area (Å²) in [5.74, 6) is -1.37. The number of benzene rings is 2. The van der Waals surface area contributed by atoms with Gasteiger partial charge in [-0.1, -0.05) is 13.0 Å². The highest BCUT2D eigenvalue weighted by Gasteiger charge is 2.13. The van der Waals surface area contributed by atoms with Crippen molar-refractivity contribution in [3.05, 3.63) is 69.8 Å². The monoisotopic (exact) mass is 460 g/mol. The molecule has 0 aliphatic carbocycles. The smallest absolute Gasteiger partial charge is 0.338 e. The molecule has 2 rings (SSSR count). The molecule has 0 spiro atoms. The Hall–Kier alpha value is -4.06. The predicted molar refractivity (Wildman–Crippen MR) is 117 cm³/mol. The summed E-state index contributed by atoms with van der Waals surface area (Å²) < 4.78 is 10.3. The Kier molecular flexibility index (Phi) is 9.05. The van der Waals surface area contributed by atoms with Crippen LogP contribution in [-0.2, 0) is 9.53 Å². The van der Waals surface area contributed by atoms with Gasteiger partial charge in [0, 0.05) is 17.7 Å². The summed E-state index contributed by atoms with van der Waals surface area (Å²) in [5, 5.41) is 12.8. The lowest BCUT2D eigenvalue weighted by Crippen LogP contribution is -2.49. The van der Waals surface area contributed by atoms with E-state index in [0.29, 0.717) is 17.9 Å². The van der Waals surface area contributed by atoms with Crippen molar-refractivity contribution in [3.8, 4) is 5.75 Å². The molecule has 0 radical (unpaired) electrons.